The van der Waals surface area contributed by atoms with Crippen LogP contribution in [-0.2, 0) is 10.0 Å². The number of piperazine rings is 1. The fourth-order valence-corrected chi connectivity index (χ4v) is 4.13. The maximum atomic E-state index is 13.4. The summed E-state index contributed by atoms with van der Waals surface area (Å²) < 4.78 is 40.7. The molecule has 2 N–H and O–H groups in total. The minimum Gasteiger partial charge on any atom is -0.333 e. The molecule has 0 spiro atoms. The molecule has 0 aromatic heterocycles. The van der Waals surface area contributed by atoms with Crippen molar-refractivity contribution in [2.24, 2.45) is 0 Å². The van der Waals surface area contributed by atoms with Crippen LogP contribution in [0.5, 0.6) is 0 Å². The Morgan fingerprint density at radius 2 is 1.89 bits per heavy atom. The second-order valence-electron chi connectivity index (χ2n) is 6.65. The molecule has 6 nitrogen and oxygen atoms in total. The van der Waals surface area contributed by atoms with Gasteiger partial charge in [-0.2, -0.15) is 0 Å². The van der Waals surface area contributed by atoms with Gasteiger partial charge >= 0.3 is 0 Å². The lowest BCUT2D eigenvalue weighted by Crippen LogP contribution is -2.52. The number of hydrogen-bond acceptors (Lipinski definition) is 4. The molecule has 0 bridgehead atoms. The van der Waals surface area contributed by atoms with Crippen molar-refractivity contribution < 1.29 is 17.6 Å². The summed E-state index contributed by atoms with van der Waals surface area (Å²) in [5, 5.41) is 3.23. The van der Waals surface area contributed by atoms with Crippen molar-refractivity contribution in [3.8, 4) is 0 Å². The number of nitrogens with one attached hydrogen (secondary N) is 2. The molecule has 1 aliphatic heterocycles. The topological polar surface area (TPSA) is 78.5 Å². The third kappa shape index (κ3) is 4.81. The Labute approximate surface area is 170 Å². The Kier molecular flexibility index (Phi) is 7.03. The van der Waals surface area contributed by atoms with Crippen LogP contribution in [0.25, 0.3) is 0 Å². The van der Waals surface area contributed by atoms with Gasteiger partial charge in [0, 0.05) is 36.9 Å². The average molecular weight is 428 g/mol. The molecule has 152 valence electrons. The third-order valence-corrected chi connectivity index (χ3v) is 5.96. The van der Waals surface area contributed by atoms with Crippen LogP contribution in [0.4, 0.5) is 10.1 Å². The molecule has 1 amide bonds. The first kappa shape index (κ1) is 22.1. The molecule has 0 saturated carbocycles. The van der Waals surface area contributed by atoms with Crippen molar-refractivity contribution in [3.05, 3.63) is 59.4 Å². The summed E-state index contributed by atoms with van der Waals surface area (Å²) >= 11 is 0. The van der Waals surface area contributed by atoms with Gasteiger partial charge in [-0.25, -0.2) is 12.8 Å². The van der Waals surface area contributed by atoms with Crippen LogP contribution in [0, 0.1) is 12.7 Å². The number of anilines is 1. The summed E-state index contributed by atoms with van der Waals surface area (Å²) in [6.45, 7) is 5.63. The van der Waals surface area contributed by atoms with Gasteiger partial charge in [-0.3, -0.25) is 9.52 Å². The van der Waals surface area contributed by atoms with E-state index in [1.165, 1.54) is 19.1 Å². The molecule has 0 radical (unpaired) electrons. The largest absolute Gasteiger partial charge is 0.333 e. The zero-order valence-corrected chi connectivity index (χ0v) is 17.2. The van der Waals surface area contributed by atoms with Crippen LogP contribution >= 0.6 is 12.4 Å². The maximum Gasteiger partial charge on any atom is 0.261 e. The van der Waals surface area contributed by atoms with Gasteiger partial charge in [-0.1, -0.05) is 0 Å². The molecule has 1 saturated heterocycles. The van der Waals surface area contributed by atoms with E-state index < -0.39 is 15.8 Å². The molecular weight excluding hydrogens is 405 g/mol. The van der Waals surface area contributed by atoms with Crippen molar-refractivity contribution in [1.29, 1.82) is 0 Å². The first-order chi connectivity index (χ1) is 12.8. The molecule has 1 heterocycles. The highest BCUT2D eigenvalue weighted by molar-refractivity contribution is 7.92. The number of carbonyl (C=O) groups is 1. The van der Waals surface area contributed by atoms with E-state index in [9.17, 15) is 17.6 Å². The summed E-state index contributed by atoms with van der Waals surface area (Å²) in [6.07, 6.45) is 0. The van der Waals surface area contributed by atoms with Crippen LogP contribution in [0.3, 0.4) is 0 Å². The molecule has 1 aliphatic rings. The molecule has 1 atom stereocenters. The van der Waals surface area contributed by atoms with E-state index >= 15 is 0 Å². The molecule has 1 fully saturated rings. The van der Waals surface area contributed by atoms with Gasteiger partial charge in [-0.05, 0) is 61.9 Å². The van der Waals surface area contributed by atoms with Gasteiger partial charge in [0.15, 0.2) is 0 Å². The van der Waals surface area contributed by atoms with Gasteiger partial charge in [-0.15, -0.1) is 12.4 Å². The number of benzene rings is 2. The van der Waals surface area contributed by atoms with E-state index in [1.807, 2.05) is 6.92 Å². The van der Waals surface area contributed by atoms with Gasteiger partial charge in [0.05, 0.1) is 4.90 Å². The SMILES string of the molecule is Cc1cc(S(=O)(=O)Nc2ccc(C(=O)N3CCNC[C@@H]3C)cc2)ccc1F.Cl. The first-order valence-electron chi connectivity index (χ1n) is 8.68. The molecule has 2 aromatic carbocycles. The Balaban J connectivity index is 0.00000280. The highest BCUT2D eigenvalue weighted by atomic mass is 35.5. The monoisotopic (exact) mass is 427 g/mol. The smallest absolute Gasteiger partial charge is 0.261 e. The van der Waals surface area contributed by atoms with Gasteiger partial charge in [0.25, 0.3) is 15.9 Å². The molecule has 9 heteroatoms. The number of carbonyl (C=O) groups excluding carboxylic acids is 1. The van der Waals surface area contributed by atoms with Gasteiger partial charge in [0.1, 0.15) is 5.82 Å². The van der Waals surface area contributed by atoms with Crippen molar-refractivity contribution >= 4 is 34.0 Å². The number of nitrogens with zero attached hydrogens (tertiary/aromatic N) is 1. The van der Waals surface area contributed by atoms with E-state index in [1.54, 1.807) is 29.2 Å². The molecular formula is C19H23ClFN3O3S. The van der Waals surface area contributed by atoms with Crippen LogP contribution in [0.1, 0.15) is 22.8 Å². The zero-order chi connectivity index (χ0) is 19.6. The van der Waals surface area contributed by atoms with Crippen molar-refractivity contribution in [1.82, 2.24) is 10.2 Å². The van der Waals surface area contributed by atoms with Gasteiger partial charge in [0.2, 0.25) is 0 Å². The summed E-state index contributed by atoms with van der Waals surface area (Å²) in [5.41, 5.74) is 1.09. The quantitative estimate of drug-likeness (QED) is 0.786. The predicted molar refractivity (Wildman–Crippen MR) is 109 cm³/mol. The number of hydrogen-bond donors (Lipinski definition) is 2. The minimum absolute atomic E-state index is 0. The standard InChI is InChI=1S/C19H22FN3O3S.ClH/c1-13-11-17(7-8-18(13)20)27(25,26)22-16-5-3-15(4-6-16)19(24)23-10-9-21-12-14(23)2;/h3-8,11,14,21-22H,9-10,12H2,1-2H3;1H/t14-;/m0./s1. The summed E-state index contributed by atoms with van der Waals surface area (Å²) in [6, 6.07) is 10.0. The number of aryl methyl sites for hydroxylation is 1. The van der Waals surface area contributed by atoms with E-state index in [-0.39, 0.29) is 34.8 Å². The second-order valence-corrected chi connectivity index (χ2v) is 8.33. The maximum absolute atomic E-state index is 13.4. The van der Waals surface area contributed by atoms with E-state index in [4.69, 9.17) is 0 Å². The minimum atomic E-state index is -3.84. The summed E-state index contributed by atoms with van der Waals surface area (Å²) in [4.78, 5) is 14.4. The van der Waals surface area contributed by atoms with E-state index in [2.05, 4.69) is 10.0 Å². The van der Waals surface area contributed by atoms with E-state index in [0.29, 0.717) is 17.8 Å². The number of amides is 1. The Bertz CT molecular complexity index is 951. The number of sulfonamides is 1. The lowest BCUT2D eigenvalue weighted by atomic mass is 10.1. The molecule has 28 heavy (non-hydrogen) atoms. The fourth-order valence-electron chi connectivity index (χ4n) is 2.99. The van der Waals surface area contributed by atoms with Crippen molar-refractivity contribution in [2.45, 2.75) is 24.8 Å². The Morgan fingerprint density at radius 3 is 2.50 bits per heavy atom. The zero-order valence-electron chi connectivity index (χ0n) is 15.6. The molecule has 2 aromatic rings. The van der Waals surface area contributed by atoms with Crippen molar-refractivity contribution in [2.75, 3.05) is 24.4 Å². The Hall–Kier alpha value is -2.16. The Morgan fingerprint density at radius 1 is 1.21 bits per heavy atom. The van der Waals surface area contributed by atoms with Crippen LogP contribution in [0.2, 0.25) is 0 Å². The molecule has 0 aliphatic carbocycles. The highest BCUT2D eigenvalue weighted by Gasteiger charge is 2.24. The van der Waals surface area contributed by atoms with Crippen molar-refractivity contribution in [3.63, 3.8) is 0 Å². The third-order valence-electron chi connectivity index (χ3n) is 4.59. The molecule has 0 unspecified atom stereocenters. The molecule has 3 rings (SSSR count). The van der Waals surface area contributed by atoms with Crippen LogP contribution in [-0.4, -0.2) is 44.9 Å². The summed E-state index contributed by atoms with van der Waals surface area (Å²) in [7, 11) is -3.84. The fraction of sp³-hybridized carbons (Fsp3) is 0.316. The second kappa shape index (κ2) is 8.89. The average Bonchev–Trinajstić information content (AvgIpc) is 2.64. The number of halogens is 2. The highest BCUT2D eigenvalue weighted by Crippen LogP contribution is 2.20. The normalized spacial score (nSPS) is 17.0. The van der Waals surface area contributed by atoms with Crippen LogP contribution < -0.4 is 10.0 Å². The summed E-state index contributed by atoms with van der Waals surface area (Å²) in [5.74, 6) is -0.536. The predicted octanol–water partition coefficient (Wildman–Crippen LogP) is 2.79. The lowest BCUT2D eigenvalue weighted by Gasteiger charge is -2.34. The van der Waals surface area contributed by atoms with Gasteiger partial charge < -0.3 is 10.2 Å². The van der Waals surface area contributed by atoms with E-state index in [0.717, 1.165) is 19.2 Å². The number of rotatable bonds is 4. The first-order valence-corrected chi connectivity index (χ1v) is 10.2. The van der Waals surface area contributed by atoms with Crippen LogP contribution in [0.15, 0.2) is 47.4 Å². The lowest BCUT2D eigenvalue weighted by molar-refractivity contribution is 0.0656.